The highest BCUT2D eigenvalue weighted by Crippen LogP contribution is 2.45. The molecule has 0 bridgehead atoms. The second-order valence-electron chi connectivity index (χ2n) is 7.10. The molecule has 1 aromatic carbocycles. The van der Waals surface area contributed by atoms with E-state index < -0.39 is 0 Å². The molecule has 3 nitrogen and oxygen atoms in total. The van der Waals surface area contributed by atoms with Crippen molar-refractivity contribution in [3.05, 3.63) is 29.8 Å². The maximum absolute atomic E-state index is 6.64. The van der Waals surface area contributed by atoms with Crippen LogP contribution in [0.5, 0.6) is 5.75 Å². The van der Waals surface area contributed by atoms with E-state index >= 15 is 0 Å². The first kappa shape index (κ1) is 13.6. The van der Waals surface area contributed by atoms with Gasteiger partial charge in [0.1, 0.15) is 5.75 Å². The minimum absolute atomic E-state index is 0.188. The molecule has 4 rings (SSSR count). The Morgan fingerprint density at radius 2 is 2.05 bits per heavy atom. The summed E-state index contributed by atoms with van der Waals surface area (Å²) >= 11 is 0. The Labute approximate surface area is 126 Å². The van der Waals surface area contributed by atoms with Crippen LogP contribution in [0, 0.1) is 11.8 Å². The molecule has 1 saturated heterocycles. The Hall–Kier alpha value is -1.06. The molecule has 2 heterocycles. The van der Waals surface area contributed by atoms with Gasteiger partial charge in [-0.1, -0.05) is 18.2 Å². The average Bonchev–Trinajstić information content (AvgIpc) is 2.52. The van der Waals surface area contributed by atoms with Gasteiger partial charge in [-0.15, -0.1) is 0 Å². The monoisotopic (exact) mass is 287 g/mol. The number of fused-ring (bicyclic) bond motifs is 1. The van der Waals surface area contributed by atoms with Crippen molar-refractivity contribution in [3.63, 3.8) is 0 Å². The quantitative estimate of drug-likeness (QED) is 0.909. The summed E-state index contributed by atoms with van der Waals surface area (Å²) in [5, 5.41) is 0. The van der Waals surface area contributed by atoms with E-state index in [-0.39, 0.29) is 11.6 Å². The number of hydrogen-bond acceptors (Lipinski definition) is 3. The topological polar surface area (TPSA) is 44.5 Å². The minimum Gasteiger partial charge on any atom is -0.493 e. The zero-order valence-corrected chi connectivity index (χ0v) is 12.6. The fourth-order valence-corrected chi connectivity index (χ4v) is 4.30. The molecule has 1 spiro atoms. The summed E-state index contributed by atoms with van der Waals surface area (Å²) in [7, 11) is 0. The van der Waals surface area contributed by atoms with Crippen molar-refractivity contribution >= 4 is 0 Å². The molecule has 3 unspecified atom stereocenters. The van der Waals surface area contributed by atoms with E-state index in [1.54, 1.807) is 0 Å². The van der Waals surface area contributed by atoms with E-state index in [1.807, 2.05) is 6.07 Å². The lowest BCUT2D eigenvalue weighted by atomic mass is 9.68. The van der Waals surface area contributed by atoms with Gasteiger partial charge in [0, 0.05) is 18.6 Å². The van der Waals surface area contributed by atoms with Crippen molar-refractivity contribution in [2.75, 3.05) is 13.2 Å². The lowest BCUT2D eigenvalue weighted by Gasteiger charge is -2.49. The first-order valence-corrected chi connectivity index (χ1v) is 8.36. The highest BCUT2D eigenvalue weighted by molar-refractivity contribution is 5.35. The number of rotatable bonds is 2. The molecular formula is C18H25NO2. The van der Waals surface area contributed by atoms with Crippen molar-refractivity contribution in [2.45, 2.75) is 50.2 Å². The molecule has 3 heteroatoms. The molecule has 2 aliphatic heterocycles. The summed E-state index contributed by atoms with van der Waals surface area (Å²) in [6.45, 7) is 1.66. The normalized spacial score (nSPS) is 31.9. The van der Waals surface area contributed by atoms with Gasteiger partial charge in [-0.25, -0.2) is 0 Å². The Bertz CT molecular complexity index is 512. The smallest absolute Gasteiger partial charge is 0.122 e. The number of para-hydroxylation sites is 1. The standard InChI is InChI=1S/C18H25NO2/c19-17(14-6-9-21-18(11-14)7-3-8-18)15-10-13-4-1-2-5-16(13)20-12-15/h1-2,4-5,14-15,17H,3,6-12,19H2. The van der Waals surface area contributed by atoms with E-state index in [4.69, 9.17) is 15.2 Å². The summed E-state index contributed by atoms with van der Waals surface area (Å²) in [6, 6.07) is 8.60. The maximum Gasteiger partial charge on any atom is 0.122 e. The summed E-state index contributed by atoms with van der Waals surface area (Å²) < 4.78 is 12.0. The summed E-state index contributed by atoms with van der Waals surface area (Å²) in [4.78, 5) is 0. The predicted octanol–water partition coefficient (Wildman–Crippen LogP) is 2.91. The van der Waals surface area contributed by atoms with Crippen molar-refractivity contribution < 1.29 is 9.47 Å². The van der Waals surface area contributed by atoms with Crippen molar-refractivity contribution in [2.24, 2.45) is 17.6 Å². The van der Waals surface area contributed by atoms with E-state index in [0.717, 1.165) is 38.2 Å². The molecule has 0 aromatic heterocycles. The third-order valence-electron chi connectivity index (χ3n) is 5.79. The number of benzene rings is 1. The van der Waals surface area contributed by atoms with E-state index in [2.05, 4.69) is 18.2 Å². The van der Waals surface area contributed by atoms with Gasteiger partial charge in [0.2, 0.25) is 0 Å². The van der Waals surface area contributed by atoms with Crippen LogP contribution in [-0.4, -0.2) is 24.9 Å². The van der Waals surface area contributed by atoms with E-state index in [9.17, 15) is 0 Å². The van der Waals surface area contributed by atoms with E-state index in [1.165, 1.54) is 24.8 Å². The van der Waals surface area contributed by atoms with Crippen LogP contribution in [0.3, 0.4) is 0 Å². The molecule has 0 radical (unpaired) electrons. The van der Waals surface area contributed by atoms with Crippen molar-refractivity contribution in [3.8, 4) is 5.75 Å². The number of ether oxygens (including phenoxy) is 2. The molecule has 21 heavy (non-hydrogen) atoms. The average molecular weight is 287 g/mol. The molecular weight excluding hydrogens is 262 g/mol. The second-order valence-corrected chi connectivity index (χ2v) is 7.10. The first-order chi connectivity index (χ1) is 10.3. The molecule has 1 aliphatic carbocycles. The van der Waals surface area contributed by atoms with Gasteiger partial charge in [-0.05, 0) is 56.1 Å². The summed E-state index contributed by atoms with van der Waals surface area (Å²) in [5.41, 5.74) is 8.15. The third-order valence-corrected chi connectivity index (χ3v) is 5.79. The zero-order chi connectivity index (χ0) is 14.3. The molecule has 3 aliphatic rings. The van der Waals surface area contributed by atoms with Crippen LogP contribution in [0.4, 0.5) is 0 Å². The summed E-state index contributed by atoms with van der Waals surface area (Å²) in [5.74, 6) is 2.08. The fourth-order valence-electron chi connectivity index (χ4n) is 4.30. The fraction of sp³-hybridized carbons (Fsp3) is 0.667. The minimum atomic E-state index is 0.188. The lowest BCUT2D eigenvalue weighted by molar-refractivity contribution is -0.148. The zero-order valence-electron chi connectivity index (χ0n) is 12.6. The van der Waals surface area contributed by atoms with Crippen LogP contribution in [0.1, 0.15) is 37.7 Å². The van der Waals surface area contributed by atoms with Gasteiger partial charge < -0.3 is 15.2 Å². The highest BCUT2D eigenvalue weighted by Gasteiger charge is 2.45. The number of hydrogen-bond donors (Lipinski definition) is 1. The Kier molecular flexibility index (Phi) is 3.43. The van der Waals surface area contributed by atoms with Crippen LogP contribution in [-0.2, 0) is 11.2 Å². The maximum atomic E-state index is 6.64. The van der Waals surface area contributed by atoms with E-state index in [0.29, 0.717) is 11.8 Å². The van der Waals surface area contributed by atoms with Gasteiger partial charge >= 0.3 is 0 Å². The highest BCUT2D eigenvalue weighted by atomic mass is 16.5. The van der Waals surface area contributed by atoms with Crippen molar-refractivity contribution in [1.29, 1.82) is 0 Å². The predicted molar refractivity (Wildman–Crippen MR) is 82.4 cm³/mol. The Balaban J connectivity index is 1.44. The third kappa shape index (κ3) is 2.47. The Morgan fingerprint density at radius 3 is 2.86 bits per heavy atom. The molecule has 3 atom stereocenters. The van der Waals surface area contributed by atoms with Crippen LogP contribution in [0.15, 0.2) is 24.3 Å². The Morgan fingerprint density at radius 1 is 1.19 bits per heavy atom. The summed E-state index contributed by atoms with van der Waals surface area (Å²) in [6.07, 6.45) is 7.12. The van der Waals surface area contributed by atoms with Gasteiger partial charge in [0.05, 0.1) is 12.2 Å². The SMILES string of the molecule is NC(C1COc2ccccc2C1)C1CCOC2(CCC2)C1. The molecule has 2 N–H and O–H groups in total. The lowest BCUT2D eigenvalue weighted by Crippen LogP contribution is -2.52. The molecule has 1 saturated carbocycles. The largest absolute Gasteiger partial charge is 0.493 e. The number of nitrogens with two attached hydrogens (primary N) is 1. The van der Waals surface area contributed by atoms with Gasteiger partial charge in [-0.3, -0.25) is 0 Å². The molecule has 0 amide bonds. The molecule has 1 aromatic rings. The van der Waals surface area contributed by atoms with Gasteiger partial charge in [0.25, 0.3) is 0 Å². The molecule has 114 valence electrons. The van der Waals surface area contributed by atoms with Gasteiger partial charge in [0.15, 0.2) is 0 Å². The second kappa shape index (κ2) is 5.29. The van der Waals surface area contributed by atoms with Gasteiger partial charge in [-0.2, -0.15) is 0 Å². The van der Waals surface area contributed by atoms with Crippen LogP contribution < -0.4 is 10.5 Å². The van der Waals surface area contributed by atoms with Crippen molar-refractivity contribution in [1.82, 2.24) is 0 Å². The molecule has 2 fully saturated rings. The van der Waals surface area contributed by atoms with Crippen LogP contribution in [0.2, 0.25) is 0 Å². The first-order valence-electron chi connectivity index (χ1n) is 8.36. The van der Waals surface area contributed by atoms with Crippen LogP contribution >= 0.6 is 0 Å². The van der Waals surface area contributed by atoms with Crippen LogP contribution in [0.25, 0.3) is 0 Å².